The molecule has 1 heterocycles. The number of piperazine rings is 1. The number of nitrogens with zero attached hydrogens (tertiary/aromatic N) is 3. The molecule has 1 saturated heterocycles. The quantitative estimate of drug-likeness (QED) is 0.406. The maximum atomic E-state index is 12.4. The Labute approximate surface area is 169 Å². The highest BCUT2D eigenvalue weighted by Gasteiger charge is 2.20. The fourth-order valence-corrected chi connectivity index (χ4v) is 3.78. The second kappa shape index (κ2) is 10.1. The summed E-state index contributed by atoms with van der Waals surface area (Å²) in [6.07, 6.45) is 4.29. The van der Waals surface area contributed by atoms with Gasteiger partial charge in [-0.2, -0.15) is 0 Å². The van der Waals surface area contributed by atoms with E-state index in [4.69, 9.17) is 0 Å². The number of amides is 1. The molecular formula is C21H23N3O3S. The molecule has 0 N–H and O–H groups in total. The number of thioether (sulfide) groups is 1. The molecule has 1 aliphatic heterocycles. The Balaban J connectivity index is 1.38. The first-order chi connectivity index (χ1) is 13.6. The Kier molecular flexibility index (Phi) is 7.22. The smallest absolute Gasteiger partial charge is 0.269 e. The zero-order valence-corrected chi connectivity index (χ0v) is 16.4. The summed E-state index contributed by atoms with van der Waals surface area (Å²) in [5.41, 5.74) is 1.26. The van der Waals surface area contributed by atoms with Gasteiger partial charge in [0, 0.05) is 49.8 Å². The van der Waals surface area contributed by atoms with E-state index in [-0.39, 0.29) is 11.6 Å². The van der Waals surface area contributed by atoms with Crippen molar-refractivity contribution in [1.29, 1.82) is 0 Å². The third-order valence-electron chi connectivity index (χ3n) is 4.61. The number of hydrogen-bond donors (Lipinski definition) is 0. The van der Waals surface area contributed by atoms with Crippen molar-refractivity contribution >= 4 is 29.4 Å². The lowest BCUT2D eigenvalue weighted by Crippen LogP contribution is -2.49. The highest BCUT2D eigenvalue weighted by Crippen LogP contribution is 2.22. The standard InChI is InChI=1S/C21H23N3O3S/c25-21(17-28-20-10-8-19(9-11-20)24(26)27)23-15-13-22(14-16-23)12-4-7-18-5-2-1-3-6-18/h1-11H,12-17H2/b7-4+. The van der Waals surface area contributed by atoms with E-state index in [1.54, 1.807) is 12.1 Å². The van der Waals surface area contributed by atoms with Gasteiger partial charge in [0.15, 0.2) is 0 Å². The zero-order chi connectivity index (χ0) is 19.8. The van der Waals surface area contributed by atoms with Gasteiger partial charge in [0.25, 0.3) is 5.69 Å². The van der Waals surface area contributed by atoms with Crippen molar-refractivity contribution in [2.24, 2.45) is 0 Å². The predicted molar refractivity (Wildman–Crippen MR) is 112 cm³/mol. The van der Waals surface area contributed by atoms with Gasteiger partial charge in [-0.15, -0.1) is 11.8 Å². The van der Waals surface area contributed by atoms with Gasteiger partial charge in [-0.3, -0.25) is 19.8 Å². The van der Waals surface area contributed by atoms with Gasteiger partial charge in [-0.25, -0.2) is 0 Å². The van der Waals surface area contributed by atoms with Crippen molar-refractivity contribution in [2.45, 2.75) is 4.90 Å². The van der Waals surface area contributed by atoms with E-state index < -0.39 is 4.92 Å². The lowest BCUT2D eigenvalue weighted by atomic mass is 10.2. The minimum absolute atomic E-state index is 0.0631. The van der Waals surface area contributed by atoms with E-state index in [1.165, 1.54) is 29.5 Å². The second-order valence-corrected chi connectivity index (χ2v) is 7.58. The van der Waals surface area contributed by atoms with Crippen molar-refractivity contribution in [2.75, 3.05) is 38.5 Å². The first-order valence-corrected chi connectivity index (χ1v) is 10.2. The summed E-state index contributed by atoms with van der Waals surface area (Å²) < 4.78 is 0. The fourth-order valence-electron chi connectivity index (χ4n) is 2.98. The Morgan fingerprint density at radius 2 is 1.71 bits per heavy atom. The van der Waals surface area contributed by atoms with Crippen molar-refractivity contribution in [3.8, 4) is 0 Å². The summed E-state index contributed by atoms with van der Waals surface area (Å²) in [5, 5.41) is 10.7. The highest BCUT2D eigenvalue weighted by atomic mass is 32.2. The van der Waals surface area contributed by atoms with Crippen LogP contribution in [-0.2, 0) is 4.79 Å². The molecule has 0 aliphatic carbocycles. The average Bonchev–Trinajstić information content (AvgIpc) is 2.73. The molecule has 0 unspecified atom stereocenters. The van der Waals surface area contributed by atoms with Crippen molar-refractivity contribution < 1.29 is 9.72 Å². The molecule has 28 heavy (non-hydrogen) atoms. The minimum Gasteiger partial charge on any atom is -0.339 e. The van der Waals surface area contributed by atoms with Gasteiger partial charge in [0.05, 0.1) is 10.7 Å². The van der Waals surface area contributed by atoms with E-state index in [1.807, 2.05) is 23.1 Å². The van der Waals surface area contributed by atoms with Crippen LogP contribution in [0.3, 0.4) is 0 Å². The van der Waals surface area contributed by atoms with Gasteiger partial charge in [0.1, 0.15) is 0 Å². The van der Waals surface area contributed by atoms with Crippen molar-refractivity contribution in [3.05, 3.63) is 76.4 Å². The average molecular weight is 398 g/mol. The maximum absolute atomic E-state index is 12.4. The molecule has 2 aromatic rings. The summed E-state index contributed by atoms with van der Waals surface area (Å²) in [6, 6.07) is 16.5. The number of carbonyl (C=O) groups excluding carboxylic acids is 1. The van der Waals surface area contributed by atoms with E-state index in [0.717, 1.165) is 37.6 Å². The fraction of sp³-hybridized carbons (Fsp3) is 0.286. The molecule has 3 rings (SSSR count). The molecule has 0 spiro atoms. The third-order valence-corrected chi connectivity index (χ3v) is 5.61. The molecule has 0 saturated carbocycles. The molecule has 1 aliphatic rings. The molecule has 2 aromatic carbocycles. The van der Waals surface area contributed by atoms with Crippen LogP contribution in [0.1, 0.15) is 5.56 Å². The second-order valence-electron chi connectivity index (χ2n) is 6.53. The Morgan fingerprint density at radius 3 is 2.36 bits per heavy atom. The maximum Gasteiger partial charge on any atom is 0.269 e. The van der Waals surface area contributed by atoms with E-state index in [2.05, 4.69) is 29.2 Å². The first kappa shape index (κ1) is 20.1. The number of hydrogen-bond acceptors (Lipinski definition) is 5. The summed E-state index contributed by atoms with van der Waals surface area (Å²) in [5.74, 6) is 0.467. The largest absolute Gasteiger partial charge is 0.339 e. The van der Waals surface area contributed by atoms with Crippen LogP contribution in [0.15, 0.2) is 65.6 Å². The predicted octanol–water partition coefficient (Wildman–Crippen LogP) is 3.54. The molecule has 1 fully saturated rings. The van der Waals surface area contributed by atoms with Crippen LogP contribution in [0.2, 0.25) is 0 Å². The molecule has 0 atom stereocenters. The van der Waals surface area contributed by atoms with Gasteiger partial charge >= 0.3 is 0 Å². The van der Waals surface area contributed by atoms with Gasteiger partial charge in [-0.1, -0.05) is 42.5 Å². The Hall–Kier alpha value is -2.64. The zero-order valence-electron chi connectivity index (χ0n) is 15.6. The van der Waals surface area contributed by atoms with Gasteiger partial charge in [-0.05, 0) is 17.7 Å². The number of carbonyl (C=O) groups is 1. The van der Waals surface area contributed by atoms with E-state index >= 15 is 0 Å². The number of rotatable bonds is 7. The number of non-ortho nitro benzene ring substituents is 1. The normalized spacial score (nSPS) is 15.1. The van der Waals surface area contributed by atoms with E-state index in [0.29, 0.717) is 5.75 Å². The van der Waals surface area contributed by atoms with Crippen LogP contribution in [-0.4, -0.2) is 59.1 Å². The van der Waals surface area contributed by atoms with Crippen LogP contribution in [0.4, 0.5) is 5.69 Å². The summed E-state index contributed by atoms with van der Waals surface area (Å²) in [7, 11) is 0. The summed E-state index contributed by atoms with van der Waals surface area (Å²) >= 11 is 1.42. The molecule has 1 amide bonds. The van der Waals surface area contributed by atoms with Gasteiger partial charge < -0.3 is 4.90 Å². The number of benzene rings is 2. The van der Waals surface area contributed by atoms with Crippen LogP contribution in [0.5, 0.6) is 0 Å². The topological polar surface area (TPSA) is 66.7 Å². The van der Waals surface area contributed by atoms with Crippen molar-refractivity contribution in [1.82, 2.24) is 9.80 Å². The van der Waals surface area contributed by atoms with E-state index in [9.17, 15) is 14.9 Å². The lowest BCUT2D eigenvalue weighted by Gasteiger charge is -2.34. The molecule has 0 aromatic heterocycles. The summed E-state index contributed by atoms with van der Waals surface area (Å²) in [4.78, 5) is 27.8. The third kappa shape index (κ3) is 5.94. The monoisotopic (exact) mass is 397 g/mol. The van der Waals surface area contributed by atoms with Crippen LogP contribution in [0.25, 0.3) is 6.08 Å². The van der Waals surface area contributed by atoms with Crippen LogP contribution < -0.4 is 0 Å². The van der Waals surface area contributed by atoms with Crippen molar-refractivity contribution in [3.63, 3.8) is 0 Å². The Bertz CT molecular complexity index is 817. The molecule has 0 bridgehead atoms. The SMILES string of the molecule is O=C(CSc1ccc([N+](=O)[O-])cc1)N1CCN(C/C=C/c2ccccc2)CC1. The highest BCUT2D eigenvalue weighted by molar-refractivity contribution is 8.00. The minimum atomic E-state index is -0.422. The lowest BCUT2D eigenvalue weighted by molar-refractivity contribution is -0.384. The van der Waals surface area contributed by atoms with Crippen LogP contribution in [0, 0.1) is 10.1 Å². The molecular weight excluding hydrogens is 374 g/mol. The Morgan fingerprint density at radius 1 is 1.04 bits per heavy atom. The van der Waals surface area contributed by atoms with Gasteiger partial charge in [0.2, 0.25) is 5.91 Å². The molecule has 7 heteroatoms. The first-order valence-electron chi connectivity index (χ1n) is 9.21. The summed E-state index contributed by atoms with van der Waals surface area (Å²) in [6.45, 7) is 4.09. The van der Waals surface area contributed by atoms with Crippen LogP contribution >= 0.6 is 11.8 Å². The molecule has 6 nitrogen and oxygen atoms in total. The molecule has 0 radical (unpaired) electrons. The number of nitro groups is 1. The molecule has 146 valence electrons. The number of nitro benzene ring substituents is 1.